The second-order valence-corrected chi connectivity index (χ2v) is 5.43. The van der Waals surface area contributed by atoms with Crippen molar-refractivity contribution in [1.29, 1.82) is 0 Å². The maximum absolute atomic E-state index is 13.6. The molecule has 0 saturated heterocycles. The molecule has 24 heavy (non-hydrogen) atoms. The Hall–Kier alpha value is -2.92. The second-order valence-electron chi connectivity index (χ2n) is 5.00. The lowest BCUT2D eigenvalue weighted by atomic mass is 10.2. The van der Waals surface area contributed by atoms with Crippen molar-refractivity contribution in [2.24, 2.45) is 0 Å². The molecule has 0 fully saturated rings. The third-order valence-electron chi connectivity index (χ3n) is 3.25. The van der Waals surface area contributed by atoms with E-state index >= 15 is 0 Å². The average molecular weight is 342 g/mol. The third-order valence-corrected chi connectivity index (χ3v) is 3.50. The summed E-state index contributed by atoms with van der Waals surface area (Å²) in [7, 11) is 0. The van der Waals surface area contributed by atoms with E-state index in [4.69, 9.17) is 11.6 Å². The van der Waals surface area contributed by atoms with E-state index in [2.05, 4.69) is 15.6 Å². The molecule has 2 aromatic carbocycles. The average Bonchev–Trinajstić information content (AvgIpc) is 2.59. The molecule has 0 aliphatic rings. The molecule has 1 aromatic heterocycles. The van der Waals surface area contributed by atoms with Crippen molar-refractivity contribution in [1.82, 2.24) is 4.98 Å². The lowest BCUT2D eigenvalue weighted by molar-refractivity contribution is 0.102. The number of amides is 1. The maximum Gasteiger partial charge on any atom is 0.274 e. The number of carbonyl (C=O) groups is 1. The predicted octanol–water partition coefficient (Wildman–Crippen LogP) is 4.87. The van der Waals surface area contributed by atoms with E-state index in [-0.39, 0.29) is 11.4 Å². The number of aromatic nitrogens is 1. The van der Waals surface area contributed by atoms with Crippen LogP contribution in [0, 0.1) is 5.82 Å². The lowest BCUT2D eigenvalue weighted by Crippen LogP contribution is -2.14. The van der Waals surface area contributed by atoms with E-state index in [0.29, 0.717) is 10.7 Å². The number of para-hydroxylation sites is 1. The molecule has 2 N–H and O–H groups in total. The first kappa shape index (κ1) is 16.0. The van der Waals surface area contributed by atoms with E-state index in [0.717, 1.165) is 5.69 Å². The molecule has 6 heteroatoms. The molecule has 3 aromatic rings. The van der Waals surface area contributed by atoms with Gasteiger partial charge in [0.15, 0.2) is 0 Å². The van der Waals surface area contributed by atoms with Crippen LogP contribution in [0.4, 0.5) is 21.5 Å². The van der Waals surface area contributed by atoms with E-state index in [1.54, 1.807) is 36.4 Å². The summed E-state index contributed by atoms with van der Waals surface area (Å²) < 4.78 is 13.6. The quantitative estimate of drug-likeness (QED) is 0.711. The van der Waals surface area contributed by atoms with Crippen molar-refractivity contribution in [2.45, 2.75) is 0 Å². The number of nitrogens with zero attached hydrogens (tertiary/aromatic N) is 1. The van der Waals surface area contributed by atoms with Gasteiger partial charge in [-0.05, 0) is 48.5 Å². The van der Waals surface area contributed by atoms with Crippen LogP contribution in [0.3, 0.4) is 0 Å². The summed E-state index contributed by atoms with van der Waals surface area (Å²) in [5.41, 5.74) is 1.80. The Morgan fingerprint density at radius 3 is 2.50 bits per heavy atom. The molecule has 0 unspecified atom stereocenters. The highest BCUT2D eigenvalue weighted by Crippen LogP contribution is 2.20. The van der Waals surface area contributed by atoms with Crippen LogP contribution in [0.5, 0.6) is 0 Å². The predicted molar refractivity (Wildman–Crippen MR) is 93.3 cm³/mol. The number of benzene rings is 2. The number of anilines is 3. The highest BCUT2D eigenvalue weighted by Gasteiger charge is 2.11. The minimum Gasteiger partial charge on any atom is -0.355 e. The summed E-state index contributed by atoms with van der Waals surface area (Å²) in [5, 5.41) is 6.29. The van der Waals surface area contributed by atoms with Gasteiger partial charge in [0.05, 0.1) is 5.69 Å². The van der Waals surface area contributed by atoms with Gasteiger partial charge in [0.25, 0.3) is 5.91 Å². The van der Waals surface area contributed by atoms with Gasteiger partial charge in [0.2, 0.25) is 0 Å². The summed E-state index contributed by atoms with van der Waals surface area (Å²) in [6, 6.07) is 16.5. The van der Waals surface area contributed by atoms with Crippen molar-refractivity contribution >= 4 is 34.6 Å². The van der Waals surface area contributed by atoms with Gasteiger partial charge in [-0.25, -0.2) is 4.39 Å². The van der Waals surface area contributed by atoms with Crippen molar-refractivity contribution < 1.29 is 9.18 Å². The smallest absolute Gasteiger partial charge is 0.274 e. The molecule has 0 radical (unpaired) electrons. The number of rotatable bonds is 4. The maximum atomic E-state index is 13.6. The Balaban J connectivity index is 1.76. The standard InChI is InChI=1S/C18H13ClFN3O/c19-12-5-7-13(8-6-12)22-14-9-10-21-17(11-14)18(24)23-16-4-2-1-3-15(16)20/h1-11H,(H,21,22)(H,23,24). The molecule has 1 amide bonds. The van der Waals surface area contributed by atoms with Gasteiger partial charge in [-0.3, -0.25) is 9.78 Å². The van der Waals surface area contributed by atoms with Crippen molar-refractivity contribution in [3.8, 4) is 0 Å². The molecule has 120 valence electrons. The van der Waals surface area contributed by atoms with E-state index in [1.165, 1.54) is 18.3 Å². The Kier molecular flexibility index (Phi) is 4.72. The molecule has 0 spiro atoms. The molecule has 3 rings (SSSR count). The van der Waals surface area contributed by atoms with Crippen LogP contribution in [0.2, 0.25) is 5.02 Å². The monoisotopic (exact) mass is 341 g/mol. The van der Waals surface area contributed by atoms with Gasteiger partial charge in [0, 0.05) is 22.6 Å². The van der Waals surface area contributed by atoms with Crippen LogP contribution in [-0.4, -0.2) is 10.9 Å². The van der Waals surface area contributed by atoms with Crippen LogP contribution in [-0.2, 0) is 0 Å². The molecule has 0 atom stereocenters. The van der Waals surface area contributed by atoms with Crippen molar-refractivity contribution in [2.75, 3.05) is 10.6 Å². The molecule has 0 saturated carbocycles. The van der Waals surface area contributed by atoms with Gasteiger partial charge in [0.1, 0.15) is 11.5 Å². The molecule has 4 nitrogen and oxygen atoms in total. The minimum atomic E-state index is -0.499. The summed E-state index contributed by atoms with van der Waals surface area (Å²) in [5.74, 6) is -0.985. The zero-order chi connectivity index (χ0) is 16.9. The van der Waals surface area contributed by atoms with Gasteiger partial charge in [-0.15, -0.1) is 0 Å². The summed E-state index contributed by atoms with van der Waals surface area (Å²) in [6.45, 7) is 0. The SMILES string of the molecule is O=C(Nc1ccccc1F)c1cc(Nc2ccc(Cl)cc2)ccn1. The van der Waals surface area contributed by atoms with Gasteiger partial charge >= 0.3 is 0 Å². The number of halogens is 2. The number of hydrogen-bond donors (Lipinski definition) is 2. The van der Waals surface area contributed by atoms with Crippen LogP contribution < -0.4 is 10.6 Å². The molecular formula is C18H13ClFN3O. The van der Waals surface area contributed by atoms with E-state index in [1.807, 2.05) is 12.1 Å². The first-order valence-electron chi connectivity index (χ1n) is 7.16. The summed E-state index contributed by atoms with van der Waals surface area (Å²) in [4.78, 5) is 16.3. The molecule has 1 heterocycles. The summed E-state index contributed by atoms with van der Waals surface area (Å²) in [6.07, 6.45) is 1.51. The topological polar surface area (TPSA) is 54.0 Å². The zero-order valence-electron chi connectivity index (χ0n) is 12.5. The first-order chi connectivity index (χ1) is 11.6. The Morgan fingerprint density at radius 2 is 1.75 bits per heavy atom. The fourth-order valence-corrected chi connectivity index (χ4v) is 2.21. The Labute approximate surface area is 143 Å². The Bertz CT molecular complexity index is 868. The normalized spacial score (nSPS) is 10.2. The largest absolute Gasteiger partial charge is 0.355 e. The highest BCUT2D eigenvalue weighted by molar-refractivity contribution is 6.30. The highest BCUT2D eigenvalue weighted by atomic mass is 35.5. The molecule has 0 bridgehead atoms. The number of nitrogens with one attached hydrogen (secondary N) is 2. The number of pyridine rings is 1. The van der Waals surface area contributed by atoms with Crippen molar-refractivity contribution in [3.05, 3.63) is 83.4 Å². The van der Waals surface area contributed by atoms with Crippen LogP contribution in [0.1, 0.15) is 10.5 Å². The third kappa shape index (κ3) is 3.88. The van der Waals surface area contributed by atoms with Gasteiger partial charge in [-0.2, -0.15) is 0 Å². The fourth-order valence-electron chi connectivity index (χ4n) is 2.08. The molecular weight excluding hydrogens is 329 g/mol. The first-order valence-corrected chi connectivity index (χ1v) is 7.54. The Morgan fingerprint density at radius 1 is 1.00 bits per heavy atom. The van der Waals surface area contributed by atoms with Crippen LogP contribution in [0.15, 0.2) is 66.9 Å². The van der Waals surface area contributed by atoms with E-state index < -0.39 is 11.7 Å². The molecule has 0 aliphatic heterocycles. The van der Waals surface area contributed by atoms with Gasteiger partial charge in [-0.1, -0.05) is 23.7 Å². The zero-order valence-corrected chi connectivity index (χ0v) is 13.2. The van der Waals surface area contributed by atoms with Crippen molar-refractivity contribution in [3.63, 3.8) is 0 Å². The van der Waals surface area contributed by atoms with Crippen LogP contribution in [0.25, 0.3) is 0 Å². The van der Waals surface area contributed by atoms with Gasteiger partial charge < -0.3 is 10.6 Å². The summed E-state index contributed by atoms with van der Waals surface area (Å²) >= 11 is 5.85. The number of carbonyl (C=O) groups excluding carboxylic acids is 1. The minimum absolute atomic E-state index is 0.111. The second kappa shape index (κ2) is 7.10. The van der Waals surface area contributed by atoms with Crippen LogP contribution >= 0.6 is 11.6 Å². The number of hydrogen-bond acceptors (Lipinski definition) is 3. The molecule has 0 aliphatic carbocycles. The van der Waals surface area contributed by atoms with E-state index in [9.17, 15) is 9.18 Å². The fraction of sp³-hybridized carbons (Fsp3) is 0. The lowest BCUT2D eigenvalue weighted by Gasteiger charge is -2.09.